The van der Waals surface area contributed by atoms with Crippen LogP contribution in [-0.2, 0) is 6.54 Å². The fourth-order valence-electron chi connectivity index (χ4n) is 3.90. The molecule has 1 fully saturated rings. The number of aliphatic hydroxyl groups excluding tert-OH is 1. The molecule has 1 aromatic carbocycles. The lowest BCUT2D eigenvalue weighted by Gasteiger charge is -2.25. The van der Waals surface area contributed by atoms with E-state index in [1.807, 2.05) is 30.3 Å². The Labute approximate surface area is 170 Å². The summed E-state index contributed by atoms with van der Waals surface area (Å²) in [6.07, 6.45) is 5.95. The number of nitrogens with one attached hydrogen (secondary N) is 1. The molecule has 0 unspecified atom stereocenters. The molecule has 1 aromatic heterocycles. The van der Waals surface area contributed by atoms with Gasteiger partial charge in [-0.25, -0.2) is 0 Å². The summed E-state index contributed by atoms with van der Waals surface area (Å²) in [5, 5.41) is 12.1. The van der Waals surface area contributed by atoms with Gasteiger partial charge in [0.05, 0.1) is 12.6 Å². The van der Waals surface area contributed by atoms with Crippen molar-refractivity contribution in [3.8, 4) is 0 Å². The van der Waals surface area contributed by atoms with Gasteiger partial charge >= 0.3 is 0 Å². The summed E-state index contributed by atoms with van der Waals surface area (Å²) in [6.45, 7) is 0.297. The van der Waals surface area contributed by atoms with Crippen LogP contribution in [0.1, 0.15) is 64.8 Å². The van der Waals surface area contributed by atoms with Crippen molar-refractivity contribution in [2.75, 3.05) is 7.05 Å². The smallest absolute Gasteiger partial charge is 0.263 e. The van der Waals surface area contributed by atoms with E-state index in [0.29, 0.717) is 24.4 Å². The van der Waals surface area contributed by atoms with Gasteiger partial charge in [0, 0.05) is 25.2 Å². The average Bonchev–Trinajstić information content (AvgIpc) is 2.74. The standard InChI is InChI=1S/C23H28N2O4/c1-24-22(28)20-13-18(21(27)12-9-16-7-10-19(26)11-8-16)15-25(23(20)29)14-17-5-3-2-4-6-17/h2-6,13,15-16,19,26H,7-12,14H2,1H3,(H,24,28). The first-order valence-corrected chi connectivity index (χ1v) is 10.2. The van der Waals surface area contributed by atoms with Gasteiger partial charge in [-0.05, 0) is 49.7 Å². The zero-order chi connectivity index (χ0) is 20.8. The van der Waals surface area contributed by atoms with Crippen LogP contribution in [0, 0.1) is 5.92 Å². The second kappa shape index (κ2) is 9.65. The third-order valence-electron chi connectivity index (χ3n) is 5.67. The van der Waals surface area contributed by atoms with Crippen molar-refractivity contribution in [1.29, 1.82) is 0 Å². The molecule has 1 saturated carbocycles. The van der Waals surface area contributed by atoms with Crippen LogP contribution in [0.2, 0.25) is 0 Å². The Kier molecular flexibility index (Phi) is 6.99. The van der Waals surface area contributed by atoms with Gasteiger partial charge < -0.3 is 15.0 Å². The SMILES string of the molecule is CNC(=O)c1cc(C(=O)CCC2CCC(O)CC2)cn(Cc2ccccc2)c1=O. The molecule has 0 spiro atoms. The number of hydrogen-bond acceptors (Lipinski definition) is 4. The number of aromatic nitrogens is 1. The highest BCUT2D eigenvalue weighted by Gasteiger charge is 2.21. The van der Waals surface area contributed by atoms with Gasteiger partial charge in [-0.1, -0.05) is 30.3 Å². The lowest BCUT2D eigenvalue weighted by Crippen LogP contribution is -2.32. The number of aliphatic hydroxyl groups is 1. The molecule has 2 aromatic rings. The first kappa shape index (κ1) is 21.0. The molecule has 154 valence electrons. The maximum Gasteiger partial charge on any atom is 0.263 e. The van der Waals surface area contributed by atoms with Crippen LogP contribution in [0.15, 0.2) is 47.4 Å². The van der Waals surface area contributed by atoms with E-state index in [1.165, 1.54) is 17.7 Å². The Morgan fingerprint density at radius 3 is 2.48 bits per heavy atom. The highest BCUT2D eigenvalue weighted by atomic mass is 16.3. The van der Waals surface area contributed by atoms with E-state index in [0.717, 1.165) is 37.7 Å². The summed E-state index contributed by atoms with van der Waals surface area (Å²) in [4.78, 5) is 37.8. The van der Waals surface area contributed by atoms with E-state index in [2.05, 4.69) is 5.32 Å². The second-order valence-corrected chi connectivity index (χ2v) is 7.78. The number of pyridine rings is 1. The molecule has 0 saturated heterocycles. The molecule has 0 atom stereocenters. The fourth-order valence-corrected chi connectivity index (χ4v) is 3.90. The van der Waals surface area contributed by atoms with Crippen LogP contribution in [-0.4, -0.2) is 34.5 Å². The van der Waals surface area contributed by atoms with Gasteiger partial charge in [0.2, 0.25) is 0 Å². The third kappa shape index (κ3) is 5.41. The van der Waals surface area contributed by atoms with E-state index in [4.69, 9.17) is 0 Å². The molecule has 1 amide bonds. The highest BCUT2D eigenvalue weighted by molar-refractivity contribution is 6.00. The number of nitrogens with zero attached hydrogens (tertiary/aromatic N) is 1. The number of amides is 1. The number of carbonyl (C=O) groups is 2. The van der Waals surface area contributed by atoms with Gasteiger partial charge in [-0.3, -0.25) is 14.4 Å². The molecule has 29 heavy (non-hydrogen) atoms. The number of carbonyl (C=O) groups excluding carboxylic acids is 2. The van der Waals surface area contributed by atoms with E-state index in [9.17, 15) is 19.5 Å². The summed E-state index contributed by atoms with van der Waals surface area (Å²) < 4.78 is 1.43. The molecule has 1 aliphatic carbocycles. The maximum atomic E-state index is 12.8. The van der Waals surface area contributed by atoms with Crippen molar-refractivity contribution in [3.05, 3.63) is 69.6 Å². The monoisotopic (exact) mass is 396 g/mol. The van der Waals surface area contributed by atoms with Crippen molar-refractivity contribution in [1.82, 2.24) is 9.88 Å². The van der Waals surface area contributed by atoms with E-state index < -0.39 is 11.5 Å². The summed E-state index contributed by atoms with van der Waals surface area (Å²) in [7, 11) is 1.47. The van der Waals surface area contributed by atoms with Crippen molar-refractivity contribution in [2.24, 2.45) is 5.92 Å². The highest BCUT2D eigenvalue weighted by Crippen LogP contribution is 2.28. The van der Waals surface area contributed by atoms with Crippen LogP contribution in [0.25, 0.3) is 0 Å². The first-order valence-electron chi connectivity index (χ1n) is 10.2. The predicted molar refractivity (Wildman–Crippen MR) is 111 cm³/mol. The Balaban J connectivity index is 1.81. The van der Waals surface area contributed by atoms with Gasteiger partial charge in [-0.15, -0.1) is 0 Å². The molecular formula is C23H28N2O4. The Bertz CT molecular complexity index is 912. The van der Waals surface area contributed by atoms with Gasteiger partial charge in [-0.2, -0.15) is 0 Å². The van der Waals surface area contributed by atoms with Crippen molar-refractivity contribution in [3.63, 3.8) is 0 Å². The molecule has 0 radical (unpaired) electrons. The molecule has 6 nitrogen and oxygen atoms in total. The number of hydrogen-bond donors (Lipinski definition) is 2. The van der Waals surface area contributed by atoms with Crippen LogP contribution < -0.4 is 10.9 Å². The Morgan fingerprint density at radius 2 is 1.83 bits per heavy atom. The topological polar surface area (TPSA) is 88.4 Å². The van der Waals surface area contributed by atoms with Crippen molar-refractivity contribution >= 4 is 11.7 Å². The number of rotatable bonds is 7. The number of Topliss-reactive ketones (excluding diaryl/α,β-unsaturated/α-hetero) is 1. The quantitative estimate of drug-likeness (QED) is 0.705. The summed E-state index contributed by atoms with van der Waals surface area (Å²) >= 11 is 0. The molecule has 0 bridgehead atoms. The molecule has 6 heteroatoms. The van der Waals surface area contributed by atoms with Crippen LogP contribution in [0.4, 0.5) is 0 Å². The Morgan fingerprint density at radius 1 is 1.14 bits per heavy atom. The van der Waals surface area contributed by atoms with Gasteiger partial charge in [0.15, 0.2) is 5.78 Å². The minimum Gasteiger partial charge on any atom is -0.393 e. The summed E-state index contributed by atoms with van der Waals surface area (Å²) in [6, 6.07) is 10.9. The van der Waals surface area contributed by atoms with Crippen LogP contribution in [0.3, 0.4) is 0 Å². The lowest BCUT2D eigenvalue weighted by molar-refractivity contribution is 0.0927. The number of ketones is 1. The second-order valence-electron chi connectivity index (χ2n) is 7.78. The van der Waals surface area contributed by atoms with Gasteiger partial charge in [0.1, 0.15) is 5.56 Å². The molecule has 3 rings (SSSR count). The van der Waals surface area contributed by atoms with Crippen molar-refractivity contribution < 1.29 is 14.7 Å². The summed E-state index contributed by atoms with van der Waals surface area (Å²) in [5.74, 6) is -0.119. The van der Waals surface area contributed by atoms with Crippen LogP contribution >= 0.6 is 0 Å². The van der Waals surface area contributed by atoms with Crippen molar-refractivity contribution in [2.45, 2.75) is 51.2 Å². The fraction of sp³-hybridized carbons (Fsp3) is 0.435. The molecular weight excluding hydrogens is 368 g/mol. The zero-order valence-corrected chi connectivity index (χ0v) is 16.8. The minimum absolute atomic E-state index is 0.0185. The molecule has 0 aliphatic heterocycles. The lowest BCUT2D eigenvalue weighted by atomic mass is 9.84. The first-order chi connectivity index (χ1) is 14.0. The largest absolute Gasteiger partial charge is 0.393 e. The maximum absolute atomic E-state index is 12.8. The van der Waals surface area contributed by atoms with E-state index in [-0.39, 0.29) is 17.5 Å². The zero-order valence-electron chi connectivity index (χ0n) is 16.8. The third-order valence-corrected chi connectivity index (χ3v) is 5.67. The molecule has 1 aliphatic rings. The number of benzene rings is 1. The molecule has 2 N–H and O–H groups in total. The van der Waals surface area contributed by atoms with E-state index >= 15 is 0 Å². The summed E-state index contributed by atoms with van der Waals surface area (Å²) in [5.41, 5.74) is 0.874. The van der Waals surface area contributed by atoms with E-state index in [1.54, 1.807) is 6.20 Å². The normalized spacial score (nSPS) is 19.0. The Hall–Kier alpha value is -2.73. The van der Waals surface area contributed by atoms with Crippen LogP contribution in [0.5, 0.6) is 0 Å². The predicted octanol–water partition coefficient (Wildman–Crippen LogP) is 2.77. The molecule has 1 heterocycles. The average molecular weight is 396 g/mol. The minimum atomic E-state index is -0.493. The van der Waals surface area contributed by atoms with Gasteiger partial charge in [0.25, 0.3) is 11.5 Å².